The Morgan fingerprint density at radius 1 is 1.00 bits per heavy atom. The first-order valence-electron chi connectivity index (χ1n) is 6.26. The second kappa shape index (κ2) is 4.76. The molecule has 18 heavy (non-hydrogen) atoms. The lowest BCUT2D eigenvalue weighted by molar-refractivity contribution is 0.449. The van der Waals surface area contributed by atoms with E-state index >= 15 is 0 Å². The van der Waals surface area contributed by atoms with E-state index in [2.05, 4.69) is 15.1 Å². The quantitative estimate of drug-likeness (QED) is 0.814. The van der Waals surface area contributed by atoms with Crippen molar-refractivity contribution in [2.75, 3.05) is 18.1 Å². The van der Waals surface area contributed by atoms with Gasteiger partial charge >= 0.3 is 0 Å². The second-order valence-electron chi connectivity index (χ2n) is 4.51. The van der Waals surface area contributed by atoms with Crippen LogP contribution in [0.1, 0.15) is 19.3 Å². The molecule has 1 aliphatic heterocycles. The fourth-order valence-corrected chi connectivity index (χ4v) is 2.20. The van der Waals surface area contributed by atoms with Gasteiger partial charge in [0.05, 0.1) is 0 Å². The molecule has 0 N–H and O–H groups in total. The Bertz CT molecular complexity index is 514. The number of aromatic nitrogens is 3. The summed E-state index contributed by atoms with van der Waals surface area (Å²) in [6.45, 7) is 2.04. The van der Waals surface area contributed by atoms with Crippen LogP contribution in [0.5, 0.6) is 0 Å². The number of rotatable bonds is 2. The first-order valence-corrected chi connectivity index (χ1v) is 6.26. The van der Waals surface area contributed by atoms with Gasteiger partial charge in [0.25, 0.3) is 0 Å². The average molecular weight is 246 g/mol. The van der Waals surface area contributed by atoms with Crippen molar-refractivity contribution in [2.45, 2.75) is 19.3 Å². The molecule has 5 heteroatoms. The summed E-state index contributed by atoms with van der Waals surface area (Å²) in [5.74, 6) is 0.398. The standard InChI is InChI=1S/C13H15FN4/c14-12-6-4-11(5-7-12)13-15-10-18(16-13)17-8-2-1-3-9-17/h4-7,10H,1-3,8-9H2. The fourth-order valence-electron chi connectivity index (χ4n) is 2.20. The second-order valence-corrected chi connectivity index (χ2v) is 4.51. The van der Waals surface area contributed by atoms with E-state index in [1.54, 1.807) is 23.3 Å². The number of nitrogens with zero attached hydrogens (tertiary/aromatic N) is 4. The average Bonchev–Trinajstić information content (AvgIpc) is 2.90. The molecule has 0 radical (unpaired) electrons. The van der Waals surface area contributed by atoms with Crippen molar-refractivity contribution in [3.63, 3.8) is 0 Å². The number of halogens is 1. The van der Waals surface area contributed by atoms with Gasteiger partial charge in [-0.3, -0.25) is 5.01 Å². The van der Waals surface area contributed by atoms with Gasteiger partial charge in [-0.15, -0.1) is 5.10 Å². The fraction of sp³-hybridized carbons (Fsp3) is 0.385. The molecule has 4 nitrogen and oxygen atoms in total. The Hall–Kier alpha value is -1.91. The summed E-state index contributed by atoms with van der Waals surface area (Å²) < 4.78 is 12.8. The molecule has 2 aromatic rings. The summed E-state index contributed by atoms with van der Waals surface area (Å²) in [5.41, 5.74) is 0.840. The third-order valence-corrected chi connectivity index (χ3v) is 3.21. The largest absolute Gasteiger partial charge is 0.295 e. The highest BCUT2D eigenvalue weighted by atomic mass is 19.1. The number of benzene rings is 1. The van der Waals surface area contributed by atoms with Crippen molar-refractivity contribution >= 4 is 0 Å². The smallest absolute Gasteiger partial charge is 0.183 e. The molecule has 94 valence electrons. The molecular weight excluding hydrogens is 231 g/mol. The number of hydrogen-bond acceptors (Lipinski definition) is 3. The zero-order chi connectivity index (χ0) is 12.4. The monoisotopic (exact) mass is 246 g/mol. The van der Waals surface area contributed by atoms with Gasteiger partial charge < -0.3 is 0 Å². The molecule has 3 rings (SSSR count). The summed E-state index contributed by atoms with van der Waals surface area (Å²) in [4.78, 5) is 6.08. The van der Waals surface area contributed by atoms with Crippen LogP contribution in [0.2, 0.25) is 0 Å². The van der Waals surface area contributed by atoms with E-state index < -0.39 is 0 Å². The SMILES string of the molecule is Fc1ccc(-c2ncn(N3CCCCC3)n2)cc1. The van der Waals surface area contributed by atoms with E-state index in [1.165, 1.54) is 31.4 Å². The van der Waals surface area contributed by atoms with Crippen LogP contribution in [0, 0.1) is 5.82 Å². The van der Waals surface area contributed by atoms with Gasteiger partial charge in [-0.05, 0) is 43.5 Å². The molecule has 1 fully saturated rings. The normalized spacial score (nSPS) is 15.9. The topological polar surface area (TPSA) is 34.0 Å². The molecule has 0 amide bonds. The van der Waals surface area contributed by atoms with Gasteiger partial charge in [-0.25, -0.2) is 9.37 Å². The van der Waals surface area contributed by atoms with E-state index in [0.717, 1.165) is 18.7 Å². The minimum Gasteiger partial charge on any atom is -0.295 e. The van der Waals surface area contributed by atoms with Gasteiger partial charge in [0.1, 0.15) is 12.1 Å². The molecule has 1 aliphatic rings. The van der Waals surface area contributed by atoms with Crippen molar-refractivity contribution in [1.82, 2.24) is 14.9 Å². The van der Waals surface area contributed by atoms with Crippen molar-refractivity contribution in [1.29, 1.82) is 0 Å². The molecule has 0 saturated carbocycles. The van der Waals surface area contributed by atoms with Crippen molar-refractivity contribution in [3.05, 3.63) is 36.4 Å². The molecule has 1 saturated heterocycles. The Labute approximate surface area is 105 Å². The lowest BCUT2D eigenvalue weighted by Gasteiger charge is -2.27. The Balaban J connectivity index is 1.82. The Kier molecular flexibility index (Phi) is 2.96. The Morgan fingerprint density at radius 3 is 2.44 bits per heavy atom. The van der Waals surface area contributed by atoms with E-state index in [9.17, 15) is 4.39 Å². The Morgan fingerprint density at radius 2 is 1.72 bits per heavy atom. The lowest BCUT2D eigenvalue weighted by Crippen LogP contribution is -2.39. The first-order chi connectivity index (χ1) is 8.83. The third-order valence-electron chi connectivity index (χ3n) is 3.21. The maximum atomic E-state index is 12.8. The van der Waals surface area contributed by atoms with Crippen LogP contribution >= 0.6 is 0 Å². The van der Waals surface area contributed by atoms with E-state index in [1.807, 2.05) is 0 Å². The van der Waals surface area contributed by atoms with Gasteiger partial charge in [0, 0.05) is 18.7 Å². The van der Waals surface area contributed by atoms with Crippen molar-refractivity contribution in [3.8, 4) is 11.4 Å². The van der Waals surface area contributed by atoms with Crippen LogP contribution in [0.15, 0.2) is 30.6 Å². The maximum Gasteiger partial charge on any atom is 0.183 e. The first kappa shape index (κ1) is 11.2. The van der Waals surface area contributed by atoms with E-state index in [0.29, 0.717) is 5.82 Å². The van der Waals surface area contributed by atoms with E-state index in [4.69, 9.17) is 0 Å². The molecule has 0 aliphatic carbocycles. The van der Waals surface area contributed by atoms with Crippen LogP contribution < -0.4 is 5.01 Å². The molecule has 0 atom stereocenters. The van der Waals surface area contributed by atoms with Gasteiger partial charge in [0.2, 0.25) is 0 Å². The highest BCUT2D eigenvalue weighted by molar-refractivity contribution is 5.53. The summed E-state index contributed by atoms with van der Waals surface area (Å²) in [7, 11) is 0. The molecule has 0 bridgehead atoms. The molecule has 1 aromatic carbocycles. The summed E-state index contributed by atoms with van der Waals surface area (Å²) in [6, 6.07) is 6.25. The lowest BCUT2D eigenvalue weighted by atomic mass is 10.2. The zero-order valence-electron chi connectivity index (χ0n) is 10.1. The van der Waals surface area contributed by atoms with Crippen molar-refractivity contribution in [2.24, 2.45) is 0 Å². The van der Waals surface area contributed by atoms with Crippen LogP contribution in [-0.2, 0) is 0 Å². The van der Waals surface area contributed by atoms with Gasteiger partial charge in [-0.2, -0.15) is 4.79 Å². The van der Waals surface area contributed by atoms with Crippen LogP contribution in [-0.4, -0.2) is 28.0 Å². The van der Waals surface area contributed by atoms with Crippen LogP contribution in [0.3, 0.4) is 0 Å². The van der Waals surface area contributed by atoms with Crippen molar-refractivity contribution < 1.29 is 4.39 Å². The number of hydrogen-bond donors (Lipinski definition) is 0. The van der Waals surface area contributed by atoms with Gasteiger partial charge in [-0.1, -0.05) is 0 Å². The van der Waals surface area contributed by atoms with E-state index in [-0.39, 0.29) is 5.82 Å². The maximum absolute atomic E-state index is 12.8. The highest BCUT2D eigenvalue weighted by Gasteiger charge is 2.12. The molecule has 0 spiro atoms. The third kappa shape index (κ3) is 2.20. The number of piperidine rings is 1. The summed E-state index contributed by atoms with van der Waals surface area (Å²) in [6.07, 6.45) is 5.41. The van der Waals surface area contributed by atoms with Gasteiger partial charge in [0.15, 0.2) is 5.82 Å². The zero-order valence-corrected chi connectivity index (χ0v) is 10.1. The summed E-state index contributed by atoms with van der Waals surface area (Å²) >= 11 is 0. The predicted molar refractivity (Wildman–Crippen MR) is 67.2 cm³/mol. The molecule has 1 aromatic heterocycles. The minimum atomic E-state index is -0.241. The molecule has 2 heterocycles. The molecular formula is C13H15FN4. The summed E-state index contributed by atoms with van der Waals surface area (Å²) in [5, 5.41) is 6.63. The predicted octanol–water partition coefficient (Wildman–Crippen LogP) is 2.21. The molecule has 0 unspecified atom stereocenters. The van der Waals surface area contributed by atoms with Crippen LogP contribution in [0.4, 0.5) is 4.39 Å². The minimum absolute atomic E-state index is 0.241. The van der Waals surface area contributed by atoms with Crippen LogP contribution in [0.25, 0.3) is 11.4 Å². The highest BCUT2D eigenvalue weighted by Crippen LogP contribution is 2.15.